The first-order chi connectivity index (χ1) is 15.9. The molecule has 2 unspecified atom stereocenters. The highest BCUT2D eigenvalue weighted by Gasteiger charge is 2.39. The van der Waals surface area contributed by atoms with Gasteiger partial charge in [0.2, 0.25) is 5.91 Å². The number of anilines is 1. The fraction of sp³-hybridized carbons (Fsp3) is 0.591. The molecule has 2 saturated heterocycles. The number of hydrogen-bond acceptors (Lipinski definition) is 7. The lowest BCUT2D eigenvalue weighted by molar-refractivity contribution is -0.133. The van der Waals surface area contributed by atoms with Gasteiger partial charge < -0.3 is 24.2 Å². The van der Waals surface area contributed by atoms with Gasteiger partial charge in [-0.1, -0.05) is 11.6 Å². The third kappa shape index (κ3) is 5.15. The fourth-order valence-corrected chi connectivity index (χ4v) is 4.69. The second-order valence-electron chi connectivity index (χ2n) is 8.32. The maximum Gasteiger partial charge on any atom is 0.271 e. The molecule has 2 fully saturated rings. The van der Waals surface area contributed by atoms with Crippen molar-refractivity contribution in [2.24, 2.45) is 5.10 Å². The van der Waals surface area contributed by atoms with Crippen molar-refractivity contribution < 1.29 is 19.1 Å². The maximum atomic E-state index is 13.0. The molecule has 3 aliphatic heterocycles. The Bertz CT molecular complexity index is 916. The largest absolute Gasteiger partial charge is 0.495 e. The molecule has 0 aliphatic carbocycles. The van der Waals surface area contributed by atoms with Crippen LogP contribution in [0.2, 0.25) is 5.02 Å². The van der Waals surface area contributed by atoms with Crippen LogP contribution in [-0.2, 0) is 14.3 Å². The van der Waals surface area contributed by atoms with Gasteiger partial charge in [0.15, 0.2) is 0 Å². The topological polar surface area (TPSA) is 77.9 Å². The minimum Gasteiger partial charge on any atom is -0.495 e. The first kappa shape index (κ1) is 23.9. The van der Waals surface area contributed by atoms with Crippen LogP contribution in [0.5, 0.6) is 5.75 Å². The lowest BCUT2D eigenvalue weighted by Crippen LogP contribution is -2.51. The van der Waals surface area contributed by atoms with Gasteiger partial charge in [0.1, 0.15) is 23.4 Å². The summed E-state index contributed by atoms with van der Waals surface area (Å²) in [6.07, 6.45) is 0. The molecule has 0 N–H and O–H groups in total. The molecule has 9 nitrogen and oxygen atoms in total. The molecule has 180 valence electrons. The lowest BCUT2D eigenvalue weighted by atomic mass is 10.1. The molecule has 11 heteroatoms. The van der Waals surface area contributed by atoms with Crippen LogP contribution in [0.15, 0.2) is 23.3 Å². The monoisotopic (exact) mass is 497 g/mol. The maximum absolute atomic E-state index is 13.0. The fourth-order valence-electron chi connectivity index (χ4n) is 4.23. The van der Waals surface area contributed by atoms with E-state index in [1.165, 1.54) is 0 Å². The van der Waals surface area contributed by atoms with Gasteiger partial charge in [0.25, 0.3) is 5.91 Å². The number of hydrogen-bond donors (Lipinski definition) is 0. The van der Waals surface area contributed by atoms with Crippen LogP contribution in [-0.4, -0.2) is 110 Å². The highest BCUT2D eigenvalue weighted by Crippen LogP contribution is 2.30. The summed E-state index contributed by atoms with van der Waals surface area (Å²) in [7, 11) is 1.59. The molecule has 0 aromatic heterocycles. The Labute approximate surface area is 203 Å². The van der Waals surface area contributed by atoms with Crippen molar-refractivity contribution >= 4 is 46.4 Å². The molecule has 0 bridgehead atoms. The summed E-state index contributed by atoms with van der Waals surface area (Å²) in [4.78, 5) is 31.6. The molecule has 1 aromatic carbocycles. The Morgan fingerprint density at radius 2 is 1.82 bits per heavy atom. The molecular weight excluding hydrogens is 469 g/mol. The van der Waals surface area contributed by atoms with Gasteiger partial charge >= 0.3 is 0 Å². The number of halogens is 2. The van der Waals surface area contributed by atoms with Crippen molar-refractivity contribution in [2.75, 3.05) is 71.0 Å². The number of carbonyl (C=O) groups excluding carboxylic acids is 2. The summed E-state index contributed by atoms with van der Waals surface area (Å²) in [5.41, 5.74) is 1.32. The van der Waals surface area contributed by atoms with Crippen molar-refractivity contribution in [2.45, 2.75) is 18.3 Å². The standard InChI is InChI=1S/C22H29Cl2N5O4/c1-15-20(24)21(22(31)28-9-11-33-12-10-28)25-29(15)14-19(30)27-7-5-26(6-8-27)16-3-4-17(23)18(13-16)32-2/h3-4,13,15,20H,5-12,14H2,1-2H3. The number of alkyl halides is 1. The number of benzene rings is 1. The number of hydrazone groups is 1. The van der Waals surface area contributed by atoms with Gasteiger partial charge in [-0.15, -0.1) is 11.6 Å². The molecule has 3 aliphatic rings. The number of amides is 2. The minimum atomic E-state index is -0.551. The third-order valence-electron chi connectivity index (χ3n) is 6.34. The summed E-state index contributed by atoms with van der Waals surface area (Å²) in [5, 5.41) is 6.11. The van der Waals surface area contributed by atoms with Crippen LogP contribution >= 0.6 is 23.2 Å². The number of ether oxygens (including phenoxy) is 2. The minimum absolute atomic E-state index is 0.0251. The van der Waals surface area contributed by atoms with Gasteiger partial charge in [-0.3, -0.25) is 14.6 Å². The Morgan fingerprint density at radius 1 is 1.12 bits per heavy atom. The van der Waals surface area contributed by atoms with E-state index in [2.05, 4.69) is 10.0 Å². The zero-order valence-corrected chi connectivity index (χ0v) is 20.4. The normalized spacial score (nSPS) is 23.6. The van der Waals surface area contributed by atoms with Crippen LogP contribution in [0.1, 0.15) is 6.92 Å². The molecule has 3 heterocycles. The molecule has 0 saturated carbocycles. The first-order valence-electron chi connectivity index (χ1n) is 11.1. The van der Waals surface area contributed by atoms with Gasteiger partial charge in [0, 0.05) is 51.0 Å². The smallest absolute Gasteiger partial charge is 0.271 e. The number of rotatable bonds is 5. The number of methoxy groups -OCH3 is 1. The molecule has 33 heavy (non-hydrogen) atoms. The Morgan fingerprint density at radius 3 is 2.48 bits per heavy atom. The van der Waals surface area contributed by atoms with Crippen LogP contribution in [0.3, 0.4) is 0 Å². The SMILES string of the molecule is COc1cc(N2CCN(C(=O)CN3N=C(C(=O)N4CCOCC4)C(Cl)C3C)CC2)ccc1Cl. The average Bonchev–Trinajstić information content (AvgIpc) is 3.13. The summed E-state index contributed by atoms with van der Waals surface area (Å²) < 4.78 is 10.6. The Balaban J connectivity index is 1.34. The zero-order chi connectivity index (χ0) is 23.5. The average molecular weight is 498 g/mol. The van der Waals surface area contributed by atoms with Gasteiger partial charge in [-0.2, -0.15) is 5.10 Å². The Kier molecular flexibility index (Phi) is 7.51. The highest BCUT2D eigenvalue weighted by atomic mass is 35.5. The lowest BCUT2D eigenvalue weighted by Gasteiger charge is -2.37. The van der Waals surface area contributed by atoms with E-state index in [1.807, 2.05) is 30.0 Å². The third-order valence-corrected chi connectivity index (χ3v) is 7.22. The molecule has 4 rings (SSSR count). The first-order valence-corrected chi connectivity index (χ1v) is 11.9. The molecule has 2 amide bonds. The second-order valence-corrected chi connectivity index (χ2v) is 9.19. The predicted molar refractivity (Wildman–Crippen MR) is 127 cm³/mol. The molecule has 1 aromatic rings. The number of piperazine rings is 1. The summed E-state index contributed by atoms with van der Waals surface area (Å²) in [6, 6.07) is 5.45. The Hall–Kier alpha value is -2.23. The van der Waals surface area contributed by atoms with Crippen LogP contribution in [0.25, 0.3) is 0 Å². The van der Waals surface area contributed by atoms with E-state index in [-0.39, 0.29) is 24.4 Å². The summed E-state index contributed by atoms with van der Waals surface area (Å²) >= 11 is 12.7. The van der Waals surface area contributed by atoms with Crippen LogP contribution in [0, 0.1) is 0 Å². The van der Waals surface area contributed by atoms with Crippen LogP contribution in [0.4, 0.5) is 5.69 Å². The van der Waals surface area contributed by atoms with E-state index in [1.54, 1.807) is 17.0 Å². The van der Waals surface area contributed by atoms with Gasteiger partial charge in [-0.25, -0.2) is 0 Å². The zero-order valence-electron chi connectivity index (χ0n) is 18.9. The van der Waals surface area contributed by atoms with Crippen molar-refractivity contribution in [3.8, 4) is 5.75 Å². The molecule has 2 atom stereocenters. The van der Waals surface area contributed by atoms with Crippen LogP contribution < -0.4 is 9.64 Å². The summed E-state index contributed by atoms with van der Waals surface area (Å²) in [6.45, 7) is 6.66. The number of morpholine rings is 1. The van der Waals surface area contributed by atoms with E-state index < -0.39 is 5.38 Å². The number of carbonyl (C=O) groups is 2. The molecule has 0 radical (unpaired) electrons. The molecule has 0 spiro atoms. The van der Waals surface area contributed by atoms with Crippen molar-refractivity contribution in [1.82, 2.24) is 14.8 Å². The van der Waals surface area contributed by atoms with E-state index >= 15 is 0 Å². The predicted octanol–water partition coefficient (Wildman–Crippen LogP) is 1.52. The van der Waals surface area contributed by atoms with Gasteiger partial charge in [-0.05, 0) is 19.1 Å². The van der Waals surface area contributed by atoms with Crippen molar-refractivity contribution in [1.29, 1.82) is 0 Å². The quantitative estimate of drug-likeness (QED) is 0.574. The van der Waals surface area contributed by atoms with E-state index in [9.17, 15) is 9.59 Å². The van der Waals surface area contributed by atoms with Crippen molar-refractivity contribution in [3.05, 3.63) is 23.2 Å². The number of nitrogens with zero attached hydrogens (tertiary/aromatic N) is 5. The van der Waals surface area contributed by atoms with E-state index in [0.29, 0.717) is 69.0 Å². The molecular formula is C22H29Cl2N5O4. The highest BCUT2D eigenvalue weighted by molar-refractivity contribution is 6.51. The second kappa shape index (κ2) is 10.4. The van der Waals surface area contributed by atoms with E-state index in [4.69, 9.17) is 32.7 Å². The van der Waals surface area contributed by atoms with Gasteiger partial charge in [0.05, 0.1) is 31.4 Å². The summed E-state index contributed by atoms with van der Waals surface area (Å²) in [5.74, 6) is 0.432. The van der Waals surface area contributed by atoms with E-state index in [0.717, 1.165) is 5.69 Å². The van der Waals surface area contributed by atoms with Crippen molar-refractivity contribution in [3.63, 3.8) is 0 Å².